The molecule has 2 saturated heterocycles. The van der Waals surface area contributed by atoms with Gasteiger partial charge >= 0.3 is 0 Å². The van der Waals surface area contributed by atoms with Gasteiger partial charge in [-0.2, -0.15) is 0 Å². The molecule has 0 radical (unpaired) electrons. The highest BCUT2D eigenvalue weighted by atomic mass is 16.5. The summed E-state index contributed by atoms with van der Waals surface area (Å²) in [4.78, 5) is 25.0. The van der Waals surface area contributed by atoms with Crippen molar-refractivity contribution in [3.8, 4) is 0 Å². The van der Waals surface area contributed by atoms with E-state index in [2.05, 4.69) is 44.0 Å². The number of amides is 1. The zero-order valence-corrected chi connectivity index (χ0v) is 18.4. The average Bonchev–Trinajstić information content (AvgIpc) is 3.29. The van der Waals surface area contributed by atoms with E-state index in [0.29, 0.717) is 13.2 Å². The minimum Gasteiger partial charge on any atom is -0.382 e. The summed E-state index contributed by atoms with van der Waals surface area (Å²) in [6.45, 7) is 3.81. The van der Waals surface area contributed by atoms with E-state index in [9.17, 15) is 4.79 Å². The molecule has 1 amide bonds. The Bertz CT molecular complexity index is 1050. The maximum absolute atomic E-state index is 13.0. The Labute approximate surface area is 188 Å². The van der Waals surface area contributed by atoms with Gasteiger partial charge in [0.15, 0.2) is 6.10 Å². The minimum absolute atomic E-state index is 0.0470. The number of hydrogen-bond donors (Lipinski definition) is 1. The second-order valence-electron chi connectivity index (χ2n) is 8.66. The van der Waals surface area contributed by atoms with Crippen LogP contribution in [0.3, 0.4) is 0 Å². The summed E-state index contributed by atoms with van der Waals surface area (Å²) in [7, 11) is 1.64. The van der Waals surface area contributed by atoms with E-state index in [0.717, 1.165) is 38.0 Å². The number of methoxy groups -OCH3 is 1. The normalized spacial score (nSPS) is 22.4. The number of nitrogens with one attached hydrogen (secondary N) is 1. The van der Waals surface area contributed by atoms with E-state index < -0.39 is 6.10 Å². The van der Waals surface area contributed by atoms with Crippen LogP contribution in [0.25, 0.3) is 10.9 Å². The van der Waals surface area contributed by atoms with Crippen molar-refractivity contribution in [2.24, 2.45) is 0 Å². The van der Waals surface area contributed by atoms with Gasteiger partial charge in [-0.15, -0.1) is 0 Å². The molecule has 168 valence electrons. The molecular weight excluding hydrogens is 404 g/mol. The third-order valence-corrected chi connectivity index (χ3v) is 6.69. The SMILES string of the molecule is COCCO[C@H]1C(=O)N(C2CCN(Cc3ccc4cc[nH]c4c3)CC2)[C@H]1c1ccncc1. The number of β-lactam (4-membered cyclic amide) rings is 1. The van der Waals surface area contributed by atoms with Gasteiger partial charge in [-0.05, 0) is 53.6 Å². The Morgan fingerprint density at radius 2 is 1.91 bits per heavy atom. The monoisotopic (exact) mass is 434 g/mol. The summed E-state index contributed by atoms with van der Waals surface area (Å²) in [6.07, 6.45) is 7.07. The van der Waals surface area contributed by atoms with Crippen molar-refractivity contribution >= 4 is 16.8 Å². The Balaban J connectivity index is 1.23. The second kappa shape index (κ2) is 9.40. The number of rotatable bonds is 8. The first kappa shape index (κ1) is 21.1. The molecule has 32 heavy (non-hydrogen) atoms. The van der Waals surface area contributed by atoms with Crippen LogP contribution < -0.4 is 0 Å². The number of carbonyl (C=O) groups is 1. The van der Waals surface area contributed by atoms with Crippen molar-refractivity contribution in [2.45, 2.75) is 37.6 Å². The fraction of sp³-hybridized carbons (Fsp3) is 0.440. The first-order valence-electron chi connectivity index (χ1n) is 11.4. The third-order valence-electron chi connectivity index (χ3n) is 6.69. The van der Waals surface area contributed by atoms with Gasteiger partial charge in [0.05, 0.1) is 19.3 Å². The molecule has 3 aromatic rings. The van der Waals surface area contributed by atoms with Crippen LogP contribution in [0.2, 0.25) is 0 Å². The van der Waals surface area contributed by atoms with Gasteiger partial charge in [0.2, 0.25) is 0 Å². The Morgan fingerprint density at radius 3 is 2.69 bits per heavy atom. The molecule has 1 aromatic carbocycles. The van der Waals surface area contributed by atoms with Crippen molar-refractivity contribution in [2.75, 3.05) is 33.4 Å². The molecule has 2 aliphatic heterocycles. The number of ether oxygens (including phenoxy) is 2. The fourth-order valence-electron chi connectivity index (χ4n) is 5.01. The summed E-state index contributed by atoms with van der Waals surface area (Å²) in [5.41, 5.74) is 3.59. The lowest BCUT2D eigenvalue weighted by Crippen LogP contribution is -2.64. The molecule has 2 fully saturated rings. The van der Waals surface area contributed by atoms with Crippen LogP contribution in [-0.2, 0) is 20.8 Å². The van der Waals surface area contributed by atoms with Gasteiger partial charge in [-0.3, -0.25) is 14.7 Å². The summed E-state index contributed by atoms with van der Waals surface area (Å²) < 4.78 is 11.0. The molecule has 0 bridgehead atoms. The predicted molar refractivity (Wildman–Crippen MR) is 122 cm³/mol. The topological polar surface area (TPSA) is 70.7 Å². The zero-order chi connectivity index (χ0) is 21.9. The van der Waals surface area contributed by atoms with Crippen LogP contribution in [0.15, 0.2) is 55.0 Å². The van der Waals surface area contributed by atoms with E-state index in [-0.39, 0.29) is 18.0 Å². The molecule has 0 saturated carbocycles. The van der Waals surface area contributed by atoms with Crippen LogP contribution in [-0.4, -0.2) is 71.2 Å². The number of piperidine rings is 1. The van der Waals surface area contributed by atoms with Gasteiger partial charge in [0.1, 0.15) is 0 Å². The standard InChI is InChI=1S/C25H30N4O3/c1-31-14-15-32-24-23(20-4-9-26-10-5-20)29(25(24)30)21-7-12-28(13-8-21)17-18-2-3-19-6-11-27-22(19)16-18/h2-6,9-11,16,21,23-24,27H,7-8,12-15,17H2,1H3/t23-,24+/m0/s1. The Hall–Kier alpha value is -2.74. The van der Waals surface area contributed by atoms with E-state index in [4.69, 9.17) is 9.47 Å². The number of benzene rings is 1. The van der Waals surface area contributed by atoms with Gasteiger partial charge in [-0.25, -0.2) is 0 Å². The summed E-state index contributed by atoms with van der Waals surface area (Å²) in [5, 5.41) is 1.24. The fourth-order valence-corrected chi connectivity index (χ4v) is 5.01. The summed E-state index contributed by atoms with van der Waals surface area (Å²) in [6, 6.07) is 12.9. The summed E-state index contributed by atoms with van der Waals surface area (Å²) in [5.74, 6) is 0.0959. The molecule has 1 N–H and O–H groups in total. The van der Waals surface area contributed by atoms with E-state index in [1.54, 1.807) is 19.5 Å². The van der Waals surface area contributed by atoms with Crippen molar-refractivity contribution in [3.05, 3.63) is 66.1 Å². The third kappa shape index (κ3) is 4.16. The Kier molecular flexibility index (Phi) is 6.21. The van der Waals surface area contributed by atoms with Crippen molar-refractivity contribution < 1.29 is 14.3 Å². The van der Waals surface area contributed by atoms with E-state index in [1.807, 2.05) is 18.3 Å². The average molecular weight is 435 g/mol. The predicted octanol–water partition coefficient (Wildman–Crippen LogP) is 3.14. The van der Waals surface area contributed by atoms with E-state index >= 15 is 0 Å². The molecule has 0 spiro atoms. The van der Waals surface area contributed by atoms with Crippen LogP contribution in [0.1, 0.15) is 30.0 Å². The first-order valence-corrected chi connectivity index (χ1v) is 11.4. The van der Waals surface area contributed by atoms with Gasteiger partial charge < -0.3 is 19.4 Å². The number of hydrogen-bond acceptors (Lipinski definition) is 5. The highest BCUT2D eigenvalue weighted by molar-refractivity contribution is 5.89. The number of nitrogens with zero attached hydrogens (tertiary/aromatic N) is 3. The number of carbonyl (C=O) groups excluding carboxylic acids is 1. The van der Waals surface area contributed by atoms with E-state index in [1.165, 1.54) is 16.5 Å². The van der Waals surface area contributed by atoms with Crippen molar-refractivity contribution in [1.82, 2.24) is 19.8 Å². The molecule has 2 aliphatic rings. The van der Waals surface area contributed by atoms with Gasteiger partial charge in [-0.1, -0.05) is 12.1 Å². The van der Waals surface area contributed by atoms with Crippen LogP contribution in [0.5, 0.6) is 0 Å². The lowest BCUT2D eigenvalue weighted by molar-refractivity contribution is -0.184. The molecular formula is C25H30N4O3. The van der Waals surface area contributed by atoms with Crippen LogP contribution in [0, 0.1) is 0 Å². The second-order valence-corrected chi connectivity index (χ2v) is 8.66. The molecule has 2 aromatic heterocycles. The first-order chi connectivity index (χ1) is 15.7. The maximum Gasteiger partial charge on any atom is 0.255 e. The number of H-pyrrole nitrogens is 1. The van der Waals surface area contributed by atoms with Crippen molar-refractivity contribution in [1.29, 1.82) is 0 Å². The van der Waals surface area contributed by atoms with Gasteiger partial charge in [0, 0.05) is 56.9 Å². The molecule has 4 heterocycles. The molecule has 0 unspecified atom stereocenters. The number of aromatic amines is 1. The molecule has 7 nitrogen and oxygen atoms in total. The Morgan fingerprint density at radius 1 is 1.09 bits per heavy atom. The summed E-state index contributed by atoms with van der Waals surface area (Å²) >= 11 is 0. The lowest BCUT2D eigenvalue weighted by atomic mass is 9.86. The quantitative estimate of drug-likeness (QED) is 0.436. The number of pyridine rings is 1. The molecule has 7 heteroatoms. The number of fused-ring (bicyclic) bond motifs is 1. The number of likely N-dealkylation sites (tertiary alicyclic amines) is 2. The smallest absolute Gasteiger partial charge is 0.255 e. The zero-order valence-electron chi connectivity index (χ0n) is 18.4. The van der Waals surface area contributed by atoms with Crippen LogP contribution >= 0.6 is 0 Å². The number of aromatic nitrogens is 2. The largest absolute Gasteiger partial charge is 0.382 e. The van der Waals surface area contributed by atoms with Gasteiger partial charge in [0.25, 0.3) is 5.91 Å². The highest BCUT2D eigenvalue weighted by Gasteiger charge is 2.52. The molecule has 2 atom stereocenters. The van der Waals surface area contributed by atoms with Crippen LogP contribution in [0.4, 0.5) is 0 Å². The lowest BCUT2D eigenvalue weighted by Gasteiger charge is -2.52. The van der Waals surface area contributed by atoms with Crippen molar-refractivity contribution in [3.63, 3.8) is 0 Å². The minimum atomic E-state index is -0.432. The maximum atomic E-state index is 13.0. The highest BCUT2D eigenvalue weighted by Crippen LogP contribution is 2.40. The molecule has 0 aliphatic carbocycles. The molecule has 5 rings (SSSR count).